The second-order valence-electron chi connectivity index (χ2n) is 5.03. The van der Waals surface area contributed by atoms with Gasteiger partial charge >= 0.3 is 0 Å². The quantitative estimate of drug-likeness (QED) is 0.749. The summed E-state index contributed by atoms with van der Waals surface area (Å²) in [7, 11) is 0. The van der Waals surface area contributed by atoms with Gasteiger partial charge in [-0.25, -0.2) is 4.39 Å². The summed E-state index contributed by atoms with van der Waals surface area (Å²) in [6.07, 6.45) is 5.61. The highest BCUT2D eigenvalue weighted by Crippen LogP contribution is 2.42. The first-order valence-corrected chi connectivity index (χ1v) is 6.15. The van der Waals surface area contributed by atoms with Crippen molar-refractivity contribution in [2.24, 2.45) is 5.92 Å². The normalized spacial score (nSPS) is 21.6. The van der Waals surface area contributed by atoms with Crippen LogP contribution in [0.15, 0.2) is 24.3 Å². The van der Waals surface area contributed by atoms with Gasteiger partial charge in [-0.3, -0.25) is 0 Å². The smallest absolute Gasteiger partial charge is 0.136 e. The van der Waals surface area contributed by atoms with Gasteiger partial charge in [-0.15, -0.1) is 0 Å². The van der Waals surface area contributed by atoms with Gasteiger partial charge < -0.3 is 5.73 Å². The Labute approximate surface area is 96.9 Å². The Morgan fingerprint density at radius 2 is 1.69 bits per heavy atom. The highest BCUT2D eigenvalue weighted by atomic mass is 19.1. The summed E-state index contributed by atoms with van der Waals surface area (Å²) in [5, 5.41) is 0. The molecule has 1 aliphatic rings. The Kier molecular flexibility index (Phi) is 3.17. The summed E-state index contributed by atoms with van der Waals surface area (Å²) in [4.78, 5) is 0. The first kappa shape index (κ1) is 11.4. The third kappa shape index (κ3) is 2.21. The molecule has 88 valence electrons. The molecule has 0 spiro atoms. The Morgan fingerprint density at radius 1 is 1.12 bits per heavy atom. The van der Waals surface area contributed by atoms with Gasteiger partial charge in [0.1, 0.15) is 5.67 Å². The van der Waals surface area contributed by atoms with Gasteiger partial charge in [-0.05, 0) is 43.4 Å². The molecule has 1 fully saturated rings. The summed E-state index contributed by atoms with van der Waals surface area (Å²) < 4.78 is 14.8. The van der Waals surface area contributed by atoms with E-state index < -0.39 is 5.67 Å². The van der Waals surface area contributed by atoms with Crippen LogP contribution in [0.1, 0.15) is 44.6 Å². The zero-order chi connectivity index (χ0) is 11.6. The van der Waals surface area contributed by atoms with Crippen molar-refractivity contribution in [2.45, 2.75) is 44.7 Å². The summed E-state index contributed by atoms with van der Waals surface area (Å²) >= 11 is 0. The topological polar surface area (TPSA) is 26.0 Å². The van der Waals surface area contributed by atoms with Crippen molar-refractivity contribution in [3.05, 3.63) is 29.8 Å². The van der Waals surface area contributed by atoms with Gasteiger partial charge in [0.2, 0.25) is 0 Å². The molecule has 2 heteroatoms. The molecule has 1 unspecified atom stereocenters. The zero-order valence-corrected chi connectivity index (χ0v) is 9.88. The number of rotatable bonds is 2. The van der Waals surface area contributed by atoms with E-state index in [1.54, 1.807) is 19.1 Å². The van der Waals surface area contributed by atoms with Crippen molar-refractivity contribution in [2.75, 3.05) is 5.73 Å². The van der Waals surface area contributed by atoms with E-state index in [-0.39, 0.29) is 5.92 Å². The molecule has 2 N–H and O–H groups in total. The Morgan fingerprint density at radius 3 is 2.25 bits per heavy atom. The first-order chi connectivity index (χ1) is 7.60. The first-order valence-electron chi connectivity index (χ1n) is 6.15. The van der Waals surface area contributed by atoms with Gasteiger partial charge in [-0.1, -0.05) is 31.4 Å². The Hall–Kier alpha value is -1.05. The lowest BCUT2D eigenvalue weighted by Gasteiger charge is -2.33. The van der Waals surface area contributed by atoms with E-state index in [0.29, 0.717) is 5.69 Å². The minimum absolute atomic E-state index is 0.171. The molecule has 1 atom stereocenters. The maximum absolute atomic E-state index is 14.8. The predicted molar refractivity (Wildman–Crippen MR) is 65.9 cm³/mol. The van der Waals surface area contributed by atoms with Gasteiger partial charge in [-0.2, -0.15) is 0 Å². The molecule has 16 heavy (non-hydrogen) atoms. The van der Waals surface area contributed by atoms with Crippen LogP contribution in [0.3, 0.4) is 0 Å². The number of alkyl halides is 1. The van der Waals surface area contributed by atoms with Crippen LogP contribution in [0, 0.1) is 5.92 Å². The fraction of sp³-hybridized carbons (Fsp3) is 0.571. The highest BCUT2D eigenvalue weighted by molar-refractivity contribution is 5.41. The lowest BCUT2D eigenvalue weighted by Crippen LogP contribution is -2.29. The molecule has 0 bridgehead atoms. The van der Waals surface area contributed by atoms with E-state index in [4.69, 9.17) is 5.73 Å². The van der Waals surface area contributed by atoms with Crippen LogP contribution in [0.25, 0.3) is 0 Å². The summed E-state index contributed by atoms with van der Waals surface area (Å²) in [6, 6.07) is 7.22. The van der Waals surface area contributed by atoms with Crippen molar-refractivity contribution in [3.8, 4) is 0 Å². The summed E-state index contributed by atoms with van der Waals surface area (Å²) in [5.74, 6) is 0.171. The van der Waals surface area contributed by atoms with Crippen LogP contribution < -0.4 is 5.73 Å². The molecule has 0 heterocycles. The summed E-state index contributed by atoms with van der Waals surface area (Å²) in [6.45, 7) is 1.72. The number of nitrogen functional groups attached to an aromatic ring is 1. The van der Waals surface area contributed by atoms with Crippen LogP contribution in [0.5, 0.6) is 0 Å². The maximum atomic E-state index is 14.8. The predicted octanol–water partition coefficient (Wildman–Crippen LogP) is 4.03. The van der Waals surface area contributed by atoms with Crippen LogP contribution in [-0.2, 0) is 5.67 Å². The van der Waals surface area contributed by atoms with Gasteiger partial charge in [0, 0.05) is 5.69 Å². The molecule has 0 aromatic heterocycles. The van der Waals surface area contributed by atoms with E-state index >= 15 is 0 Å². The third-order valence-electron chi connectivity index (χ3n) is 3.85. The van der Waals surface area contributed by atoms with Gasteiger partial charge in [0.25, 0.3) is 0 Å². The maximum Gasteiger partial charge on any atom is 0.136 e. The van der Waals surface area contributed by atoms with Crippen molar-refractivity contribution in [1.82, 2.24) is 0 Å². The monoisotopic (exact) mass is 221 g/mol. The minimum Gasteiger partial charge on any atom is -0.399 e. The summed E-state index contributed by atoms with van der Waals surface area (Å²) in [5.41, 5.74) is 5.89. The number of anilines is 1. The lowest BCUT2D eigenvalue weighted by molar-refractivity contribution is 0.0726. The molecule has 0 amide bonds. The molecule has 0 aliphatic heterocycles. The van der Waals surface area contributed by atoms with Crippen LogP contribution >= 0.6 is 0 Å². The van der Waals surface area contributed by atoms with Crippen molar-refractivity contribution < 1.29 is 4.39 Å². The number of halogens is 1. The van der Waals surface area contributed by atoms with E-state index in [9.17, 15) is 4.39 Å². The molecule has 1 aliphatic carbocycles. The van der Waals surface area contributed by atoms with Gasteiger partial charge in [0.15, 0.2) is 0 Å². The average molecular weight is 221 g/mol. The lowest BCUT2D eigenvalue weighted by atomic mass is 9.75. The molecular formula is C14H20FN. The zero-order valence-electron chi connectivity index (χ0n) is 9.88. The van der Waals surface area contributed by atoms with Crippen molar-refractivity contribution >= 4 is 5.69 Å². The van der Waals surface area contributed by atoms with Crippen molar-refractivity contribution in [3.63, 3.8) is 0 Å². The number of nitrogens with two attached hydrogens (primary N) is 1. The second kappa shape index (κ2) is 4.44. The fourth-order valence-corrected chi connectivity index (χ4v) is 2.69. The molecule has 0 radical (unpaired) electrons. The van der Waals surface area contributed by atoms with E-state index in [2.05, 4.69) is 0 Å². The molecule has 1 saturated carbocycles. The number of benzene rings is 1. The molecule has 2 rings (SSSR count). The largest absolute Gasteiger partial charge is 0.399 e. The van der Waals surface area contributed by atoms with Crippen LogP contribution in [0.2, 0.25) is 0 Å². The standard InChI is InChI=1S/C14H20FN/c1-14(15,11-5-3-2-4-6-11)12-7-9-13(16)10-8-12/h7-11H,2-6,16H2,1H3. The Bertz CT molecular complexity index is 336. The fourth-order valence-electron chi connectivity index (χ4n) is 2.69. The van der Waals surface area contributed by atoms with Crippen molar-refractivity contribution in [1.29, 1.82) is 0 Å². The molecule has 1 nitrogen and oxygen atoms in total. The highest BCUT2D eigenvalue weighted by Gasteiger charge is 2.36. The number of hydrogen-bond acceptors (Lipinski definition) is 1. The second-order valence-corrected chi connectivity index (χ2v) is 5.03. The number of hydrogen-bond donors (Lipinski definition) is 1. The van der Waals surface area contributed by atoms with Crippen LogP contribution in [-0.4, -0.2) is 0 Å². The molecule has 1 aromatic carbocycles. The van der Waals surface area contributed by atoms with Gasteiger partial charge in [0.05, 0.1) is 0 Å². The molecule has 1 aromatic rings. The average Bonchev–Trinajstić information content (AvgIpc) is 2.31. The Balaban J connectivity index is 2.19. The van der Waals surface area contributed by atoms with E-state index in [0.717, 1.165) is 18.4 Å². The molecular weight excluding hydrogens is 201 g/mol. The van der Waals surface area contributed by atoms with E-state index in [1.165, 1.54) is 19.3 Å². The third-order valence-corrected chi connectivity index (χ3v) is 3.85. The van der Waals surface area contributed by atoms with Crippen LogP contribution in [0.4, 0.5) is 10.1 Å². The minimum atomic E-state index is -1.20. The molecule has 0 saturated heterocycles. The SMILES string of the molecule is CC(F)(c1ccc(N)cc1)C1CCCCC1. The van der Waals surface area contributed by atoms with E-state index in [1.807, 2.05) is 12.1 Å².